The molecule has 2 unspecified atom stereocenters. The van der Waals surface area contributed by atoms with E-state index in [1.165, 1.54) is 0 Å². The van der Waals surface area contributed by atoms with Gasteiger partial charge in [-0.25, -0.2) is 0 Å². The lowest BCUT2D eigenvalue weighted by atomic mass is 10.4. The van der Waals surface area contributed by atoms with E-state index in [2.05, 4.69) is 0 Å². The van der Waals surface area contributed by atoms with Crippen molar-refractivity contribution in [3.8, 4) is 0 Å². The lowest BCUT2D eigenvalue weighted by Gasteiger charge is -2.11. The fourth-order valence-corrected chi connectivity index (χ4v) is 1.01. The molecule has 0 aliphatic carbocycles. The lowest BCUT2D eigenvalue weighted by molar-refractivity contribution is -0.0146. The normalized spacial score (nSPS) is 33.0. The summed E-state index contributed by atoms with van der Waals surface area (Å²) in [4.78, 5) is 0. The van der Waals surface area contributed by atoms with Crippen LogP contribution in [0.25, 0.3) is 0 Å². The molecule has 0 aromatic carbocycles. The molecule has 0 radical (unpaired) electrons. The minimum Gasteiger partial charge on any atom is -0.376 e. The fraction of sp³-hybridized carbons (Fsp3) is 1.00. The zero-order valence-corrected chi connectivity index (χ0v) is 7.90. The first kappa shape index (κ1) is 9.40. The van der Waals surface area contributed by atoms with Gasteiger partial charge in [0.25, 0.3) is 0 Å². The largest absolute Gasteiger partial charge is 0.376 e. The summed E-state index contributed by atoms with van der Waals surface area (Å²) in [7, 11) is 0. The molecule has 76 valence electrons. The Morgan fingerprint density at radius 3 is 2.46 bits per heavy atom. The molecular weight excluding hydrogens is 172 g/mol. The molecule has 0 saturated carbocycles. The van der Waals surface area contributed by atoms with Crippen LogP contribution in [0.15, 0.2) is 0 Å². The lowest BCUT2D eigenvalue weighted by Crippen LogP contribution is -2.19. The Morgan fingerprint density at radius 2 is 1.85 bits per heavy atom. The smallest absolute Gasteiger partial charge is 0.104 e. The SMILES string of the molecule is C[C@H](COCC1CO1)OCC1CO1. The molecule has 2 aliphatic rings. The van der Waals surface area contributed by atoms with E-state index in [1.807, 2.05) is 6.92 Å². The van der Waals surface area contributed by atoms with Gasteiger partial charge in [-0.15, -0.1) is 0 Å². The van der Waals surface area contributed by atoms with E-state index in [0.29, 0.717) is 32.0 Å². The van der Waals surface area contributed by atoms with Crippen molar-refractivity contribution in [2.45, 2.75) is 25.2 Å². The topological polar surface area (TPSA) is 43.5 Å². The molecule has 4 heteroatoms. The van der Waals surface area contributed by atoms with Crippen LogP contribution in [0, 0.1) is 0 Å². The van der Waals surface area contributed by atoms with Crippen LogP contribution in [0.2, 0.25) is 0 Å². The highest BCUT2D eigenvalue weighted by molar-refractivity contribution is 4.69. The summed E-state index contributed by atoms with van der Waals surface area (Å²) in [6.07, 6.45) is 0.844. The molecule has 0 N–H and O–H groups in total. The summed E-state index contributed by atoms with van der Waals surface area (Å²) < 4.78 is 20.9. The van der Waals surface area contributed by atoms with Gasteiger partial charge in [0.2, 0.25) is 0 Å². The molecule has 3 atom stereocenters. The second-order valence-electron chi connectivity index (χ2n) is 3.59. The van der Waals surface area contributed by atoms with Crippen LogP contribution in [0.3, 0.4) is 0 Å². The Hall–Kier alpha value is -0.160. The van der Waals surface area contributed by atoms with Gasteiger partial charge < -0.3 is 18.9 Å². The van der Waals surface area contributed by atoms with Crippen LogP contribution in [0.1, 0.15) is 6.92 Å². The number of hydrogen-bond donors (Lipinski definition) is 0. The average Bonchev–Trinajstić information content (AvgIpc) is 2.97. The Balaban J connectivity index is 1.42. The summed E-state index contributed by atoms with van der Waals surface area (Å²) in [6.45, 7) is 5.76. The molecule has 0 spiro atoms. The van der Waals surface area contributed by atoms with Crippen LogP contribution in [-0.4, -0.2) is 51.3 Å². The third-order valence-corrected chi connectivity index (χ3v) is 2.03. The predicted molar refractivity (Wildman–Crippen MR) is 45.7 cm³/mol. The van der Waals surface area contributed by atoms with Crippen molar-refractivity contribution in [2.24, 2.45) is 0 Å². The van der Waals surface area contributed by atoms with Gasteiger partial charge in [0.15, 0.2) is 0 Å². The zero-order valence-electron chi connectivity index (χ0n) is 7.90. The first-order valence-electron chi connectivity index (χ1n) is 4.77. The van der Waals surface area contributed by atoms with Crippen LogP contribution in [0.5, 0.6) is 0 Å². The fourth-order valence-electron chi connectivity index (χ4n) is 1.01. The summed E-state index contributed by atoms with van der Waals surface area (Å²) in [5.41, 5.74) is 0. The highest BCUT2D eigenvalue weighted by Gasteiger charge is 2.24. The van der Waals surface area contributed by atoms with Gasteiger partial charge in [0.1, 0.15) is 12.2 Å². The average molecular weight is 188 g/mol. The van der Waals surface area contributed by atoms with Gasteiger partial charge in [-0.05, 0) is 6.92 Å². The van der Waals surface area contributed by atoms with Crippen LogP contribution in [0.4, 0.5) is 0 Å². The molecule has 4 nitrogen and oxygen atoms in total. The predicted octanol–water partition coefficient (Wildman–Crippen LogP) is 0.206. The molecule has 2 aliphatic heterocycles. The van der Waals surface area contributed by atoms with E-state index in [9.17, 15) is 0 Å². The van der Waals surface area contributed by atoms with E-state index >= 15 is 0 Å². The van der Waals surface area contributed by atoms with Gasteiger partial charge in [-0.1, -0.05) is 0 Å². The molecule has 2 heterocycles. The van der Waals surface area contributed by atoms with E-state index in [4.69, 9.17) is 18.9 Å². The molecular formula is C9H16O4. The highest BCUT2D eigenvalue weighted by Crippen LogP contribution is 2.11. The van der Waals surface area contributed by atoms with Crippen molar-refractivity contribution >= 4 is 0 Å². The molecule has 13 heavy (non-hydrogen) atoms. The molecule has 0 amide bonds. The van der Waals surface area contributed by atoms with Crippen molar-refractivity contribution < 1.29 is 18.9 Å². The van der Waals surface area contributed by atoms with E-state index in [1.54, 1.807) is 0 Å². The van der Waals surface area contributed by atoms with Gasteiger partial charge >= 0.3 is 0 Å². The summed E-state index contributed by atoms with van der Waals surface area (Å²) in [5, 5.41) is 0. The maximum absolute atomic E-state index is 5.48. The van der Waals surface area contributed by atoms with Gasteiger partial charge in [0.05, 0.1) is 39.1 Å². The minimum absolute atomic E-state index is 0.156. The van der Waals surface area contributed by atoms with Crippen molar-refractivity contribution in [3.05, 3.63) is 0 Å². The molecule has 2 rings (SSSR count). The second-order valence-corrected chi connectivity index (χ2v) is 3.59. The number of rotatable bonds is 7. The summed E-state index contributed by atoms with van der Waals surface area (Å²) in [6, 6.07) is 0. The monoisotopic (exact) mass is 188 g/mol. The Bertz CT molecular complexity index is 154. The first-order chi connectivity index (χ1) is 6.34. The van der Waals surface area contributed by atoms with Crippen molar-refractivity contribution in [3.63, 3.8) is 0 Å². The van der Waals surface area contributed by atoms with Crippen LogP contribution < -0.4 is 0 Å². The highest BCUT2D eigenvalue weighted by atomic mass is 16.6. The Morgan fingerprint density at radius 1 is 1.23 bits per heavy atom. The van der Waals surface area contributed by atoms with E-state index in [-0.39, 0.29) is 6.10 Å². The third-order valence-electron chi connectivity index (χ3n) is 2.03. The summed E-state index contributed by atoms with van der Waals surface area (Å²) >= 11 is 0. The Labute approximate surface area is 78.1 Å². The van der Waals surface area contributed by atoms with Gasteiger partial charge in [-0.2, -0.15) is 0 Å². The van der Waals surface area contributed by atoms with Crippen LogP contribution in [-0.2, 0) is 18.9 Å². The quantitative estimate of drug-likeness (QED) is 0.535. The minimum atomic E-state index is 0.156. The Kier molecular flexibility index (Phi) is 3.16. The first-order valence-corrected chi connectivity index (χ1v) is 4.77. The number of epoxide rings is 2. The van der Waals surface area contributed by atoms with Crippen LogP contribution >= 0.6 is 0 Å². The molecule has 2 saturated heterocycles. The van der Waals surface area contributed by atoms with Crippen molar-refractivity contribution in [2.75, 3.05) is 33.0 Å². The molecule has 2 fully saturated rings. The van der Waals surface area contributed by atoms with E-state index < -0.39 is 0 Å². The number of hydrogen-bond acceptors (Lipinski definition) is 4. The maximum Gasteiger partial charge on any atom is 0.104 e. The molecule has 0 aromatic rings. The molecule has 0 bridgehead atoms. The van der Waals surface area contributed by atoms with Gasteiger partial charge in [-0.3, -0.25) is 0 Å². The van der Waals surface area contributed by atoms with E-state index in [0.717, 1.165) is 13.2 Å². The maximum atomic E-state index is 5.48. The van der Waals surface area contributed by atoms with Gasteiger partial charge in [0, 0.05) is 0 Å². The van der Waals surface area contributed by atoms with Crippen molar-refractivity contribution in [1.82, 2.24) is 0 Å². The third kappa shape index (κ3) is 4.04. The summed E-state index contributed by atoms with van der Waals surface area (Å²) in [5.74, 6) is 0. The molecule has 0 aromatic heterocycles. The van der Waals surface area contributed by atoms with Crippen molar-refractivity contribution in [1.29, 1.82) is 0 Å². The number of ether oxygens (including phenoxy) is 4. The standard InChI is InChI=1S/C9H16O4/c1-7(11-4-9-6-13-9)2-10-3-8-5-12-8/h7-9H,2-6H2,1H3/t7-,8?,9?/m1/s1. The second kappa shape index (κ2) is 4.37. The zero-order chi connectivity index (χ0) is 9.10.